The molecule has 1 unspecified atom stereocenters. The van der Waals surface area contributed by atoms with E-state index in [1.54, 1.807) is 13.0 Å². The van der Waals surface area contributed by atoms with E-state index in [1.807, 2.05) is 38.1 Å². The molecular formula is C25H25FN4O3S. The largest absolute Gasteiger partial charge is 0.342 e. The number of H-pyrrole nitrogens is 1. The van der Waals surface area contributed by atoms with E-state index >= 15 is 0 Å². The van der Waals surface area contributed by atoms with Crippen LogP contribution < -0.4 is 10.0 Å². The third-order valence-corrected chi connectivity index (χ3v) is 6.89. The molecule has 0 bridgehead atoms. The molecule has 1 heterocycles. The number of para-hydroxylation sites is 2. The lowest BCUT2D eigenvalue weighted by molar-refractivity contribution is 0.0922. The molecule has 0 radical (unpaired) electrons. The van der Waals surface area contributed by atoms with Crippen molar-refractivity contribution in [2.45, 2.75) is 31.7 Å². The molecule has 0 aliphatic carbocycles. The molecule has 0 fully saturated rings. The van der Waals surface area contributed by atoms with Crippen molar-refractivity contribution in [3.63, 3.8) is 0 Å². The first-order valence-electron chi connectivity index (χ1n) is 10.8. The molecule has 3 aromatic carbocycles. The topological polar surface area (TPSA) is 104 Å². The highest BCUT2D eigenvalue weighted by Gasteiger charge is 2.24. The van der Waals surface area contributed by atoms with Gasteiger partial charge in [-0.3, -0.25) is 9.52 Å². The SMILES string of the molecule is Cc1ccc(S(=O)(=O)Nc2ccc(F)cc2)cc1C(=O)NC(c1nc2ccccc2[nH]1)C(C)C. The quantitative estimate of drug-likeness (QED) is 0.349. The highest BCUT2D eigenvalue weighted by atomic mass is 32.2. The molecule has 3 N–H and O–H groups in total. The van der Waals surface area contributed by atoms with Crippen molar-refractivity contribution in [2.24, 2.45) is 5.92 Å². The maximum atomic E-state index is 13.2. The van der Waals surface area contributed by atoms with Crippen LogP contribution in [0.1, 0.15) is 41.6 Å². The first kappa shape index (κ1) is 23.4. The number of nitrogens with zero attached hydrogens (tertiary/aromatic N) is 1. The van der Waals surface area contributed by atoms with Crippen molar-refractivity contribution >= 4 is 32.7 Å². The summed E-state index contributed by atoms with van der Waals surface area (Å²) in [7, 11) is -3.98. The predicted molar refractivity (Wildman–Crippen MR) is 130 cm³/mol. The highest BCUT2D eigenvalue weighted by molar-refractivity contribution is 7.92. The van der Waals surface area contributed by atoms with Crippen molar-refractivity contribution in [3.05, 3.63) is 89.5 Å². The minimum atomic E-state index is -3.98. The minimum Gasteiger partial charge on any atom is -0.342 e. The van der Waals surface area contributed by atoms with E-state index in [9.17, 15) is 17.6 Å². The van der Waals surface area contributed by atoms with Crippen molar-refractivity contribution in [2.75, 3.05) is 4.72 Å². The normalized spacial score (nSPS) is 12.6. The second-order valence-electron chi connectivity index (χ2n) is 8.42. The van der Waals surface area contributed by atoms with Crippen LogP contribution in [0.2, 0.25) is 0 Å². The number of halogens is 1. The van der Waals surface area contributed by atoms with E-state index < -0.39 is 27.8 Å². The lowest BCUT2D eigenvalue weighted by Crippen LogP contribution is -2.33. The van der Waals surface area contributed by atoms with Crippen molar-refractivity contribution in [1.29, 1.82) is 0 Å². The number of benzene rings is 3. The van der Waals surface area contributed by atoms with Crippen LogP contribution in [-0.4, -0.2) is 24.3 Å². The van der Waals surface area contributed by atoms with Gasteiger partial charge in [0, 0.05) is 11.3 Å². The zero-order valence-corrected chi connectivity index (χ0v) is 19.8. The van der Waals surface area contributed by atoms with Gasteiger partial charge in [-0.1, -0.05) is 32.0 Å². The average Bonchev–Trinajstić information content (AvgIpc) is 3.22. The molecule has 7 nitrogen and oxygen atoms in total. The Bertz CT molecular complexity index is 1410. The molecule has 0 saturated heterocycles. The maximum Gasteiger partial charge on any atom is 0.261 e. The van der Waals surface area contributed by atoms with Crippen LogP contribution in [0.5, 0.6) is 0 Å². The summed E-state index contributed by atoms with van der Waals surface area (Å²) in [6, 6.07) is 16.5. The fraction of sp³-hybridized carbons (Fsp3) is 0.200. The smallest absolute Gasteiger partial charge is 0.261 e. The number of carbonyl (C=O) groups excluding carboxylic acids is 1. The fourth-order valence-corrected chi connectivity index (χ4v) is 4.72. The highest BCUT2D eigenvalue weighted by Crippen LogP contribution is 2.24. The van der Waals surface area contributed by atoms with E-state index in [4.69, 9.17) is 0 Å². The van der Waals surface area contributed by atoms with Crippen LogP contribution in [-0.2, 0) is 10.0 Å². The molecule has 4 rings (SSSR count). The summed E-state index contributed by atoms with van der Waals surface area (Å²) in [5.41, 5.74) is 2.76. The summed E-state index contributed by atoms with van der Waals surface area (Å²) in [5.74, 6) is -0.224. The van der Waals surface area contributed by atoms with Gasteiger partial charge in [0.05, 0.1) is 22.0 Å². The Labute approximate surface area is 197 Å². The van der Waals surface area contributed by atoms with Gasteiger partial charge in [0.2, 0.25) is 0 Å². The molecule has 4 aromatic rings. The van der Waals surface area contributed by atoms with Gasteiger partial charge >= 0.3 is 0 Å². The number of rotatable bonds is 7. The number of amides is 1. The van der Waals surface area contributed by atoms with Gasteiger partial charge in [-0.05, 0) is 66.9 Å². The summed E-state index contributed by atoms with van der Waals surface area (Å²) in [6.45, 7) is 5.68. The number of hydrogen-bond acceptors (Lipinski definition) is 4. The van der Waals surface area contributed by atoms with Crippen LogP contribution in [0.4, 0.5) is 10.1 Å². The van der Waals surface area contributed by atoms with Crippen molar-refractivity contribution in [3.8, 4) is 0 Å². The molecule has 9 heteroatoms. The molecule has 0 aliphatic rings. The van der Waals surface area contributed by atoms with Gasteiger partial charge in [-0.15, -0.1) is 0 Å². The molecule has 0 aliphatic heterocycles. The predicted octanol–water partition coefficient (Wildman–Crippen LogP) is 4.94. The Kier molecular flexibility index (Phi) is 6.39. The van der Waals surface area contributed by atoms with E-state index in [2.05, 4.69) is 20.0 Å². The number of aromatic amines is 1. The number of imidazole rings is 1. The third-order valence-electron chi connectivity index (χ3n) is 5.52. The number of sulfonamides is 1. The van der Waals surface area contributed by atoms with Crippen LogP contribution in [0.3, 0.4) is 0 Å². The fourth-order valence-electron chi connectivity index (χ4n) is 3.63. The summed E-state index contributed by atoms with van der Waals surface area (Å²) >= 11 is 0. The van der Waals surface area contributed by atoms with E-state index in [0.29, 0.717) is 11.4 Å². The molecule has 34 heavy (non-hydrogen) atoms. The zero-order valence-electron chi connectivity index (χ0n) is 19.0. The van der Waals surface area contributed by atoms with E-state index in [1.165, 1.54) is 24.3 Å². The number of anilines is 1. The molecule has 0 saturated carbocycles. The molecule has 1 atom stereocenters. The Morgan fingerprint density at radius 1 is 1.03 bits per heavy atom. The van der Waals surface area contributed by atoms with E-state index in [0.717, 1.165) is 23.2 Å². The third kappa shape index (κ3) is 4.94. The summed E-state index contributed by atoms with van der Waals surface area (Å²) < 4.78 is 41.3. The number of carbonyl (C=O) groups is 1. The van der Waals surface area contributed by atoms with Gasteiger partial charge < -0.3 is 10.3 Å². The molecule has 1 amide bonds. The summed E-state index contributed by atoms with van der Waals surface area (Å²) in [5, 5.41) is 3.00. The van der Waals surface area contributed by atoms with Crippen LogP contribution >= 0.6 is 0 Å². The second kappa shape index (κ2) is 9.26. The van der Waals surface area contributed by atoms with Crippen LogP contribution in [0, 0.1) is 18.7 Å². The first-order chi connectivity index (χ1) is 16.1. The first-order valence-corrected chi connectivity index (χ1v) is 12.3. The van der Waals surface area contributed by atoms with Crippen LogP contribution in [0.15, 0.2) is 71.6 Å². The second-order valence-corrected chi connectivity index (χ2v) is 10.1. The molecule has 1 aromatic heterocycles. The molecule has 176 valence electrons. The Morgan fingerprint density at radius 3 is 2.41 bits per heavy atom. The Morgan fingerprint density at radius 2 is 1.74 bits per heavy atom. The lowest BCUT2D eigenvalue weighted by atomic mass is 10.0. The molecule has 0 spiro atoms. The summed E-state index contributed by atoms with van der Waals surface area (Å²) in [6.07, 6.45) is 0. The van der Waals surface area contributed by atoms with Gasteiger partial charge in [0.15, 0.2) is 0 Å². The number of aryl methyl sites for hydroxylation is 1. The standard InChI is InChI=1S/C25H25FN4O3S/c1-15(2)23(24-27-21-6-4-5-7-22(21)28-24)29-25(31)20-14-19(13-8-16(20)3)34(32,33)30-18-11-9-17(26)10-12-18/h4-15,23,30H,1-3H3,(H,27,28)(H,29,31). The number of nitrogens with one attached hydrogen (secondary N) is 3. The van der Waals surface area contributed by atoms with Gasteiger partial charge in [0.25, 0.3) is 15.9 Å². The number of fused-ring (bicyclic) bond motifs is 1. The van der Waals surface area contributed by atoms with Crippen molar-refractivity contribution in [1.82, 2.24) is 15.3 Å². The van der Waals surface area contributed by atoms with Crippen molar-refractivity contribution < 1.29 is 17.6 Å². The monoisotopic (exact) mass is 480 g/mol. The average molecular weight is 481 g/mol. The minimum absolute atomic E-state index is 0.0249. The molecular weight excluding hydrogens is 455 g/mol. The lowest BCUT2D eigenvalue weighted by Gasteiger charge is -2.21. The van der Waals surface area contributed by atoms with Gasteiger partial charge in [-0.2, -0.15) is 0 Å². The van der Waals surface area contributed by atoms with Crippen LogP contribution in [0.25, 0.3) is 11.0 Å². The number of aromatic nitrogens is 2. The maximum absolute atomic E-state index is 13.2. The zero-order chi connectivity index (χ0) is 24.5. The Hall–Kier alpha value is -3.72. The van der Waals surface area contributed by atoms with Gasteiger partial charge in [-0.25, -0.2) is 17.8 Å². The van der Waals surface area contributed by atoms with Gasteiger partial charge in [0.1, 0.15) is 11.6 Å². The Balaban J connectivity index is 1.61. The summed E-state index contributed by atoms with van der Waals surface area (Å²) in [4.78, 5) is 21.0. The number of hydrogen-bond donors (Lipinski definition) is 3. The van der Waals surface area contributed by atoms with E-state index in [-0.39, 0.29) is 22.1 Å².